The summed E-state index contributed by atoms with van der Waals surface area (Å²) < 4.78 is 19.0. The van der Waals surface area contributed by atoms with Crippen LogP contribution in [0.2, 0.25) is 0 Å². The van der Waals surface area contributed by atoms with E-state index in [4.69, 9.17) is 4.74 Å². The van der Waals surface area contributed by atoms with Crippen molar-refractivity contribution >= 4 is 11.7 Å². The minimum atomic E-state index is -0.420. The first-order valence-electron chi connectivity index (χ1n) is 10.2. The zero-order valence-corrected chi connectivity index (χ0v) is 17.2. The number of nitrogens with zero attached hydrogens (tertiary/aromatic N) is 2. The Balaban J connectivity index is 1.45. The number of amides is 2. The third-order valence-corrected chi connectivity index (χ3v) is 5.47. The normalized spacial score (nSPS) is 17.0. The Morgan fingerprint density at radius 2 is 2.00 bits per heavy atom. The molecule has 5 nitrogen and oxygen atoms in total. The van der Waals surface area contributed by atoms with Crippen LogP contribution in [0.1, 0.15) is 18.4 Å². The maximum absolute atomic E-state index is 13.7. The number of rotatable bonds is 7. The van der Waals surface area contributed by atoms with Crippen molar-refractivity contribution in [3.63, 3.8) is 0 Å². The van der Waals surface area contributed by atoms with Crippen LogP contribution in [-0.4, -0.2) is 56.2 Å². The second-order valence-corrected chi connectivity index (χ2v) is 7.70. The van der Waals surface area contributed by atoms with Gasteiger partial charge in [-0.2, -0.15) is 0 Å². The van der Waals surface area contributed by atoms with Crippen LogP contribution in [0.3, 0.4) is 0 Å². The third-order valence-electron chi connectivity index (χ3n) is 5.47. The molecule has 1 N–H and O–H groups in total. The Hall–Kier alpha value is -2.60. The Morgan fingerprint density at radius 3 is 2.72 bits per heavy atom. The summed E-state index contributed by atoms with van der Waals surface area (Å²) in [5.41, 5.74) is 1.52. The van der Waals surface area contributed by atoms with E-state index < -0.39 is 5.82 Å². The van der Waals surface area contributed by atoms with E-state index in [1.165, 1.54) is 11.6 Å². The summed E-state index contributed by atoms with van der Waals surface area (Å²) in [7, 11) is 3.45. The second kappa shape index (κ2) is 10.3. The summed E-state index contributed by atoms with van der Waals surface area (Å²) in [5, 5.41) is 2.65. The van der Waals surface area contributed by atoms with Gasteiger partial charge in [-0.1, -0.05) is 24.3 Å². The molecular formula is C23H30FN3O2. The van der Waals surface area contributed by atoms with Crippen molar-refractivity contribution in [1.82, 2.24) is 9.80 Å². The minimum Gasteiger partial charge on any atom is -0.497 e. The SMILES string of the molecule is COc1ccc(CCN2CCC[C@@H](CN(C)C(=O)Nc3ccccc3F)C2)cc1. The van der Waals surface area contributed by atoms with Crippen molar-refractivity contribution in [3.05, 3.63) is 59.9 Å². The van der Waals surface area contributed by atoms with E-state index >= 15 is 0 Å². The van der Waals surface area contributed by atoms with Crippen molar-refractivity contribution in [2.24, 2.45) is 5.92 Å². The van der Waals surface area contributed by atoms with Gasteiger partial charge in [-0.05, 0) is 61.6 Å². The number of nitrogens with one attached hydrogen (secondary N) is 1. The molecule has 0 spiro atoms. The average molecular weight is 400 g/mol. The number of methoxy groups -OCH3 is 1. The standard InChI is InChI=1S/C23H30FN3O2/c1-26(23(28)25-22-8-4-3-7-21(22)24)16-19-6-5-14-27(17-19)15-13-18-9-11-20(29-2)12-10-18/h3-4,7-12,19H,5-6,13-17H2,1-2H3,(H,25,28)/t19-/m0/s1. The molecule has 1 fully saturated rings. The van der Waals surface area contributed by atoms with Gasteiger partial charge in [-0.25, -0.2) is 9.18 Å². The number of likely N-dealkylation sites (tertiary alicyclic amines) is 1. The van der Waals surface area contributed by atoms with E-state index in [-0.39, 0.29) is 11.7 Å². The third kappa shape index (κ3) is 6.19. The number of halogens is 1. The fraction of sp³-hybridized carbons (Fsp3) is 0.435. The molecule has 3 rings (SSSR count). The minimum absolute atomic E-state index is 0.217. The fourth-order valence-corrected chi connectivity index (χ4v) is 3.83. The lowest BCUT2D eigenvalue weighted by atomic mass is 9.97. The fourth-order valence-electron chi connectivity index (χ4n) is 3.83. The Kier molecular flexibility index (Phi) is 7.47. The zero-order chi connectivity index (χ0) is 20.6. The highest BCUT2D eigenvalue weighted by atomic mass is 19.1. The average Bonchev–Trinajstić information content (AvgIpc) is 2.74. The molecule has 1 atom stereocenters. The van der Waals surface area contributed by atoms with Gasteiger partial charge in [0.1, 0.15) is 11.6 Å². The zero-order valence-electron chi connectivity index (χ0n) is 17.2. The Morgan fingerprint density at radius 1 is 1.24 bits per heavy atom. The van der Waals surface area contributed by atoms with Gasteiger partial charge in [-0.3, -0.25) is 0 Å². The van der Waals surface area contributed by atoms with E-state index in [2.05, 4.69) is 22.3 Å². The van der Waals surface area contributed by atoms with Crippen LogP contribution in [-0.2, 0) is 6.42 Å². The largest absolute Gasteiger partial charge is 0.497 e. The summed E-state index contributed by atoms with van der Waals surface area (Å²) in [6.07, 6.45) is 3.24. The van der Waals surface area contributed by atoms with Gasteiger partial charge < -0.3 is 19.9 Å². The van der Waals surface area contributed by atoms with Gasteiger partial charge in [0.2, 0.25) is 0 Å². The number of benzene rings is 2. The second-order valence-electron chi connectivity index (χ2n) is 7.70. The molecule has 0 bridgehead atoms. The molecule has 1 heterocycles. The van der Waals surface area contributed by atoms with Crippen LogP contribution in [0, 0.1) is 11.7 Å². The van der Waals surface area contributed by atoms with Crippen LogP contribution >= 0.6 is 0 Å². The lowest BCUT2D eigenvalue weighted by Gasteiger charge is -2.34. The molecular weight excluding hydrogens is 369 g/mol. The summed E-state index contributed by atoms with van der Waals surface area (Å²) in [6.45, 7) is 3.75. The predicted octanol–water partition coefficient (Wildman–Crippen LogP) is 4.25. The van der Waals surface area contributed by atoms with Crippen LogP contribution < -0.4 is 10.1 Å². The van der Waals surface area contributed by atoms with Gasteiger partial charge in [-0.15, -0.1) is 0 Å². The molecule has 0 unspecified atom stereocenters. The topological polar surface area (TPSA) is 44.8 Å². The first-order valence-corrected chi connectivity index (χ1v) is 10.2. The number of carbonyl (C=O) groups is 1. The smallest absolute Gasteiger partial charge is 0.321 e. The van der Waals surface area contributed by atoms with E-state index in [9.17, 15) is 9.18 Å². The monoisotopic (exact) mass is 399 g/mol. The highest BCUT2D eigenvalue weighted by Crippen LogP contribution is 2.19. The van der Waals surface area contributed by atoms with Crippen molar-refractivity contribution in [2.75, 3.05) is 45.7 Å². The number of anilines is 1. The summed E-state index contributed by atoms with van der Waals surface area (Å²) in [6, 6.07) is 14.2. The number of hydrogen-bond donors (Lipinski definition) is 1. The summed E-state index contributed by atoms with van der Waals surface area (Å²) in [4.78, 5) is 16.5. The number of carbonyl (C=O) groups excluding carboxylic acids is 1. The van der Waals surface area contributed by atoms with Gasteiger partial charge in [0.05, 0.1) is 12.8 Å². The van der Waals surface area contributed by atoms with Crippen LogP contribution in [0.4, 0.5) is 14.9 Å². The van der Waals surface area contributed by atoms with Crippen LogP contribution in [0.15, 0.2) is 48.5 Å². The number of urea groups is 1. The number of ether oxygens (including phenoxy) is 1. The highest BCUT2D eigenvalue weighted by Gasteiger charge is 2.23. The maximum atomic E-state index is 13.7. The van der Waals surface area contributed by atoms with Crippen LogP contribution in [0.5, 0.6) is 5.75 Å². The maximum Gasteiger partial charge on any atom is 0.321 e. The highest BCUT2D eigenvalue weighted by molar-refractivity contribution is 5.89. The quantitative estimate of drug-likeness (QED) is 0.757. The molecule has 0 radical (unpaired) electrons. The van der Waals surface area contributed by atoms with E-state index in [1.807, 2.05) is 12.1 Å². The van der Waals surface area contributed by atoms with Crippen LogP contribution in [0.25, 0.3) is 0 Å². The number of para-hydroxylation sites is 1. The molecule has 2 aromatic carbocycles. The number of hydrogen-bond acceptors (Lipinski definition) is 3. The van der Waals surface area contributed by atoms with E-state index in [1.54, 1.807) is 37.3 Å². The van der Waals surface area contributed by atoms with E-state index in [0.29, 0.717) is 12.5 Å². The summed E-state index contributed by atoms with van der Waals surface area (Å²) >= 11 is 0. The molecule has 2 aromatic rings. The molecule has 1 saturated heterocycles. The van der Waals surface area contributed by atoms with Crippen molar-refractivity contribution in [1.29, 1.82) is 0 Å². The molecule has 29 heavy (non-hydrogen) atoms. The molecule has 1 aliphatic heterocycles. The molecule has 0 aromatic heterocycles. The van der Waals surface area contributed by atoms with Crippen molar-refractivity contribution in [3.8, 4) is 5.75 Å². The van der Waals surface area contributed by atoms with Crippen molar-refractivity contribution < 1.29 is 13.9 Å². The first kappa shape index (κ1) is 21.1. The Labute approximate surface area is 172 Å². The van der Waals surface area contributed by atoms with Gasteiger partial charge in [0.15, 0.2) is 0 Å². The molecule has 6 heteroatoms. The number of piperidine rings is 1. The molecule has 0 saturated carbocycles. The van der Waals surface area contributed by atoms with Gasteiger partial charge in [0, 0.05) is 26.7 Å². The molecule has 1 aliphatic rings. The lowest BCUT2D eigenvalue weighted by molar-refractivity contribution is 0.150. The van der Waals surface area contributed by atoms with Gasteiger partial charge >= 0.3 is 6.03 Å². The summed E-state index contributed by atoms with van der Waals surface area (Å²) in [5.74, 6) is 0.885. The van der Waals surface area contributed by atoms with Crippen molar-refractivity contribution in [2.45, 2.75) is 19.3 Å². The predicted molar refractivity (Wildman–Crippen MR) is 114 cm³/mol. The Bertz CT molecular complexity index is 797. The molecule has 0 aliphatic carbocycles. The molecule has 2 amide bonds. The van der Waals surface area contributed by atoms with E-state index in [0.717, 1.165) is 44.6 Å². The first-order chi connectivity index (χ1) is 14.0. The lowest BCUT2D eigenvalue weighted by Crippen LogP contribution is -2.43. The van der Waals surface area contributed by atoms with Gasteiger partial charge in [0.25, 0.3) is 0 Å². The molecule has 156 valence electrons.